The molecular formula is C25H16Cl3N3O5. The summed E-state index contributed by atoms with van der Waals surface area (Å²) < 4.78 is 11.5. The van der Waals surface area contributed by atoms with Gasteiger partial charge in [0, 0.05) is 33.3 Å². The summed E-state index contributed by atoms with van der Waals surface area (Å²) in [7, 11) is 0. The number of nitrogens with zero attached hydrogens (tertiary/aromatic N) is 2. The standard InChI is InChI=1S/C25H16Cl3N3O5/c26-16-6-5-15(21(27)11-16)14-35-23-4-2-1-3-20(23)25(32)30-29-13-18-8-10-24(36-18)19-9-7-17(31(33)34)12-22(19)28/h1-13H,14H2,(H,30,32)/b29-13+. The Bertz CT molecular complexity index is 1470. The molecule has 0 saturated carbocycles. The van der Waals surface area contributed by atoms with E-state index >= 15 is 0 Å². The number of para-hydroxylation sites is 1. The van der Waals surface area contributed by atoms with E-state index in [2.05, 4.69) is 10.5 Å². The van der Waals surface area contributed by atoms with Crippen LogP contribution in [0.1, 0.15) is 21.7 Å². The lowest BCUT2D eigenvalue weighted by Crippen LogP contribution is -2.18. The van der Waals surface area contributed by atoms with Crippen LogP contribution in [0.15, 0.2) is 82.3 Å². The number of nitrogens with one attached hydrogen (secondary N) is 1. The van der Waals surface area contributed by atoms with Gasteiger partial charge in [-0.05, 0) is 42.5 Å². The Morgan fingerprint density at radius 3 is 2.58 bits per heavy atom. The molecule has 1 N–H and O–H groups in total. The van der Waals surface area contributed by atoms with Crippen LogP contribution in [0.5, 0.6) is 5.75 Å². The second-order valence-corrected chi connectivity index (χ2v) is 8.59. The monoisotopic (exact) mass is 543 g/mol. The summed E-state index contributed by atoms with van der Waals surface area (Å²) >= 11 is 18.3. The van der Waals surface area contributed by atoms with Crippen LogP contribution in [0, 0.1) is 10.1 Å². The van der Waals surface area contributed by atoms with Crippen molar-refractivity contribution < 1.29 is 18.9 Å². The summed E-state index contributed by atoms with van der Waals surface area (Å²) in [4.78, 5) is 23.0. The molecule has 0 aliphatic carbocycles. The van der Waals surface area contributed by atoms with Crippen LogP contribution < -0.4 is 10.2 Å². The maximum atomic E-state index is 12.7. The molecular weight excluding hydrogens is 529 g/mol. The van der Waals surface area contributed by atoms with Crippen molar-refractivity contribution in [3.8, 4) is 17.1 Å². The van der Waals surface area contributed by atoms with E-state index in [0.29, 0.717) is 32.9 Å². The van der Waals surface area contributed by atoms with Gasteiger partial charge in [0.15, 0.2) is 0 Å². The minimum Gasteiger partial charge on any atom is -0.488 e. The fourth-order valence-electron chi connectivity index (χ4n) is 3.17. The average Bonchev–Trinajstić information content (AvgIpc) is 3.32. The van der Waals surface area contributed by atoms with Crippen LogP contribution in [0.3, 0.4) is 0 Å². The van der Waals surface area contributed by atoms with Crippen molar-refractivity contribution in [3.05, 3.63) is 115 Å². The number of amides is 1. The lowest BCUT2D eigenvalue weighted by Gasteiger charge is -2.11. The first-order chi connectivity index (χ1) is 17.3. The molecule has 0 aliphatic heterocycles. The number of furan rings is 1. The molecule has 3 aromatic carbocycles. The molecule has 0 radical (unpaired) electrons. The van der Waals surface area contributed by atoms with Crippen molar-refractivity contribution in [1.82, 2.24) is 5.43 Å². The van der Waals surface area contributed by atoms with Crippen LogP contribution in [-0.4, -0.2) is 17.0 Å². The maximum absolute atomic E-state index is 12.7. The third-order valence-electron chi connectivity index (χ3n) is 4.94. The lowest BCUT2D eigenvalue weighted by atomic mass is 10.1. The van der Waals surface area contributed by atoms with Gasteiger partial charge in [-0.2, -0.15) is 5.10 Å². The highest BCUT2D eigenvalue weighted by Gasteiger charge is 2.14. The second kappa shape index (κ2) is 11.3. The molecule has 0 spiro atoms. The maximum Gasteiger partial charge on any atom is 0.275 e. The molecule has 1 aromatic heterocycles. The van der Waals surface area contributed by atoms with Gasteiger partial charge in [-0.15, -0.1) is 0 Å². The Kier molecular flexibility index (Phi) is 7.90. The highest BCUT2D eigenvalue weighted by atomic mass is 35.5. The number of nitro groups is 1. The molecule has 8 nitrogen and oxygen atoms in total. The minimum atomic E-state index is -0.533. The summed E-state index contributed by atoms with van der Waals surface area (Å²) in [6.45, 7) is 0.143. The van der Waals surface area contributed by atoms with E-state index in [1.54, 1.807) is 54.6 Å². The molecule has 0 bridgehead atoms. The Morgan fingerprint density at radius 1 is 1.03 bits per heavy atom. The van der Waals surface area contributed by atoms with Gasteiger partial charge >= 0.3 is 0 Å². The fourth-order valence-corrected chi connectivity index (χ4v) is 3.90. The smallest absolute Gasteiger partial charge is 0.275 e. The van der Waals surface area contributed by atoms with Gasteiger partial charge in [0.2, 0.25) is 0 Å². The zero-order valence-electron chi connectivity index (χ0n) is 18.3. The van der Waals surface area contributed by atoms with Crippen molar-refractivity contribution in [2.75, 3.05) is 0 Å². The normalized spacial score (nSPS) is 11.0. The van der Waals surface area contributed by atoms with Crippen molar-refractivity contribution >= 4 is 52.6 Å². The second-order valence-electron chi connectivity index (χ2n) is 7.34. The van der Waals surface area contributed by atoms with Gasteiger partial charge in [-0.25, -0.2) is 5.43 Å². The highest BCUT2D eigenvalue weighted by molar-refractivity contribution is 6.35. The molecule has 0 aliphatic rings. The number of halogens is 3. The number of ether oxygens (including phenoxy) is 1. The largest absolute Gasteiger partial charge is 0.488 e. The van der Waals surface area contributed by atoms with Gasteiger partial charge in [0.1, 0.15) is 23.9 Å². The lowest BCUT2D eigenvalue weighted by molar-refractivity contribution is -0.384. The van der Waals surface area contributed by atoms with E-state index in [1.165, 1.54) is 24.4 Å². The number of rotatable bonds is 8. The molecule has 11 heteroatoms. The molecule has 0 unspecified atom stereocenters. The van der Waals surface area contributed by atoms with Crippen LogP contribution in [0.2, 0.25) is 15.1 Å². The zero-order valence-corrected chi connectivity index (χ0v) is 20.6. The van der Waals surface area contributed by atoms with Gasteiger partial charge < -0.3 is 9.15 Å². The topological polar surface area (TPSA) is 107 Å². The molecule has 182 valence electrons. The SMILES string of the molecule is O=C(N/N=C/c1ccc(-c2ccc([N+](=O)[O-])cc2Cl)o1)c1ccccc1OCc1ccc(Cl)cc1Cl. The summed E-state index contributed by atoms with van der Waals surface area (Å²) in [5.41, 5.74) is 3.78. The van der Waals surface area contributed by atoms with E-state index < -0.39 is 10.8 Å². The number of hydrazone groups is 1. The van der Waals surface area contributed by atoms with Crippen molar-refractivity contribution in [2.24, 2.45) is 5.10 Å². The van der Waals surface area contributed by atoms with E-state index in [4.69, 9.17) is 44.0 Å². The summed E-state index contributed by atoms with van der Waals surface area (Å²) in [5, 5.41) is 16.0. The number of hydrogen-bond acceptors (Lipinski definition) is 6. The minimum absolute atomic E-state index is 0.125. The predicted octanol–water partition coefficient (Wildman–Crippen LogP) is 7.16. The van der Waals surface area contributed by atoms with Crippen molar-refractivity contribution in [3.63, 3.8) is 0 Å². The van der Waals surface area contributed by atoms with Crippen LogP contribution in [0.25, 0.3) is 11.3 Å². The molecule has 4 rings (SSSR count). The van der Waals surface area contributed by atoms with Gasteiger partial charge in [0.25, 0.3) is 11.6 Å². The Labute approximate surface area is 220 Å². The van der Waals surface area contributed by atoms with Crippen molar-refractivity contribution in [2.45, 2.75) is 6.61 Å². The number of hydrogen-bond donors (Lipinski definition) is 1. The summed E-state index contributed by atoms with van der Waals surface area (Å²) in [6, 6.07) is 19.1. The molecule has 0 saturated heterocycles. The number of carbonyl (C=O) groups excluding carboxylic acids is 1. The Hall–Kier alpha value is -3.85. The zero-order chi connectivity index (χ0) is 25.7. The number of non-ortho nitro benzene ring substituents is 1. The number of benzene rings is 3. The van der Waals surface area contributed by atoms with E-state index in [0.717, 1.165) is 5.56 Å². The molecule has 1 heterocycles. The first kappa shape index (κ1) is 25.2. The Morgan fingerprint density at radius 2 is 1.83 bits per heavy atom. The van der Waals surface area contributed by atoms with E-state index in [-0.39, 0.29) is 22.9 Å². The van der Waals surface area contributed by atoms with Gasteiger partial charge in [-0.3, -0.25) is 14.9 Å². The third-order valence-corrected chi connectivity index (χ3v) is 5.84. The number of carbonyl (C=O) groups is 1. The van der Waals surface area contributed by atoms with Gasteiger partial charge in [-0.1, -0.05) is 53.0 Å². The van der Waals surface area contributed by atoms with E-state index in [1.807, 2.05) is 0 Å². The number of nitro benzene ring substituents is 1. The van der Waals surface area contributed by atoms with Crippen LogP contribution >= 0.6 is 34.8 Å². The van der Waals surface area contributed by atoms with Gasteiger partial charge in [0.05, 0.1) is 21.7 Å². The van der Waals surface area contributed by atoms with Crippen LogP contribution in [-0.2, 0) is 6.61 Å². The molecule has 0 atom stereocenters. The average molecular weight is 545 g/mol. The van der Waals surface area contributed by atoms with Crippen LogP contribution in [0.4, 0.5) is 5.69 Å². The molecule has 1 amide bonds. The molecule has 0 fully saturated rings. The molecule has 4 aromatic rings. The fraction of sp³-hybridized carbons (Fsp3) is 0.0400. The third kappa shape index (κ3) is 6.04. The first-order valence-corrected chi connectivity index (χ1v) is 11.5. The van der Waals surface area contributed by atoms with E-state index in [9.17, 15) is 14.9 Å². The Balaban J connectivity index is 1.41. The first-order valence-electron chi connectivity index (χ1n) is 10.3. The molecule has 36 heavy (non-hydrogen) atoms. The quantitative estimate of drug-likeness (QED) is 0.144. The predicted molar refractivity (Wildman–Crippen MR) is 138 cm³/mol. The summed E-state index contributed by atoms with van der Waals surface area (Å²) in [5.74, 6) is 0.586. The van der Waals surface area contributed by atoms with Crippen molar-refractivity contribution in [1.29, 1.82) is 0 Å². The highest BCUT2D eigenvalue weighted by Crippen LogP contribution is 2.32. The summed E-state index contributed by atoms with van der Waals surface area (Å²) in [6.07, 6.45) is 1.32.